The molecule has 0 saturated heterocycles. The van der Waals surface area contributed by atoms with Crippen LogP contribution in [0.2, 0.25) is 0 Å². The predicted octanol–water partition coefficient (Wildman–Crippen LogP) is 12.7. The number of aliphatic hydroxyl groups is 1. The van der Waals surface area contributed by atoms with Crippen molar-refractivity contribution in [3.05, 3.63) is 193 Å². The number of aromatic nitrogens is 23. The van der Waals surface area contributed by atoms with Crippen LogP contribution < -0.4 is 47.3 Å². The van der Waals surface area contributed by atoms with Crippen molar-refractivity contribution >= 4 is 144 Å². The van der Waals surface area contributed by atoms with Gasteiger partial charge in [0.2, 0.25) is 10.0 Å². The Hall–Kier alpha value is -12.2. The molecule has 0 aromatic carbocycles. The van der Waals surface area contributed by atoms with Gasteiger partial charge in [-0.05, 0) is 141 Å². The number of fused-ring (bicyclic) bond motifs is 4. The molecule has 0 saturated carbocycles. The van der Waals surface area contributed by atoms with Gasteiger partial charge in [-0.15, -0.1) is 22.7 Å². The maximum atomic E-state index is 12.6. The summed E-state index contributed by atoms with van der Waals surface area (Å²) in [5, 5.41) is 58.1. The van der Waals surface area contributed by atoms with Gasteiger partial charge in [0.05, 0.1) is 129 Å². The molecule has 124 heavy (non-hydrogen) atoms. The quantitative estimate of drug-likeness (QED) is 0.0319. The summed E-state index contributed by atoms with van der Waals surface area (Å²) in [4.78, 5) is 42.6. The van der Waals surface area contributed by atoms with Gasteiger partial charge in [0.1, 0.15) is 19.2 Å². The van der Waals surface area contributed by atoms with E-state index in [-0.39, 0.29) is 22.8 Å². The molecular weight excluding hydrogens is 1670 g/mol. The Labute approximate surface area is 731 Å². The van der Waals surface area contributed by atoms with Crippen molar-refractivity contribution in [3.8, 4) is 45.0 Å². The van der Waals surface area contributed by atoms with Gasteiger partial charge in [0, 0.05) is 138 Å². The molecule has 640 valence electrons. The topological polar surface area (TPSA) is 393 Å². The smallest absolute Gasteiger partial charge is 0.250 e. The van der Waals surface area contributed by atoms with E-state index in [9.17, 15) is 8.42 Å². The largest absolute Gasteiger partial charge is 0.395 e. The van der Waals surface area contributed by atoms with Crippen LogP contribution in [-0.4, -0.2) is 189 Å². The van der Waals surface area contributed by atoms with Gasteiger partial charge in [0.15, 0.2) is 45.9 Å². The van der Waals surface area contributed by atoms with Gasteiger partial charge in [-0.1, -0.05) is 58.9 Å². The van der Waals surface area contributed by atoms with Gasteiger partial charge in [0.25, 0.3) is 0 Å². The summed E-state index contributed by atoms with van der Waals surface area (Å²) in [7, 11) is 3.90. The summed E-state index contributed by atoms with van der Waals surface area (Å²) < 4.78 is 52.4. The lowest BCUT2D eigenvalue weighted by Crippen LogP contribution is -2.26. The lowest BCUT2D eigenvalue weighted by molar-refractivity contribution is 0.301. The number of imidazole rings is 4. The number of nitrogens with one attached hydrogen (secondary N) is 9. The summed E-state index contributed by atoms with van der Waals surface area (Å²) in [5.41, 5.74) is 21.8. The summed E-state index contributed by atoms with van der Waals surface area (Å²) in [6.07, 6.45) is 45.6. The minimum absolute atomic E-state index is 0.000389. The molecule has 0 radical (unpaired) electrons. The van der Waals surface area contributed by atoms with Gasteiger partial charge < -0.3 is 47.6 Å². The standard InChI is InChI=1S/C22H26N8O3S2.C22H26N8S.C21H24N8S.C19H20N8S/c1-14-8-19(34-22(14)35(32,33)26-6-7-31)28-20-21-24-11-18(16-10-25-29(2)12-16)30(21)13-17(27-20)15-4-3-5-23-9-15;1-22(2,3)18-8-19(31-28-18)27-20-21-24-11-17(15-10-25-29(4)12-15)30(21)13-16(26-20)14-6-5-7-23-9-14;1-13(2)16-7-19(30-27-16)26-20-21-23-10-18(15-9-24-28(3)11-15)29(21)12-17(25-20)14-5-4-6-22-8-14;1-12-21-9-17(28-12)25-18-19-22-8-16(14-7-23-26(2)10-14)27(19)11-15(24-18)13-4-3-5-20-6-13/h4,8,10-13,23,26,31H,3,5-7,9H2,1-2H3,(H,27,28);6,8,10-13,23H,5,7,9H2,1-4H3,(H,26,27);5,7,9-13,22H,4,6,8H2,1-3H3,(H,25,26);4,7-11,20H,3,5-6H2,1-2H3,(H,24,25). The fraction of sp³-hybridized carbons (Fsp3) is 0.321. The van der Waals surface area contributed by atoms with Crippen molar-refractivity contribution in [2.24, 2.45) is 28.2 Å². The monoisotopic (exact) mass is 1760 g/mol. The molecule has 0 unspecified atom stereocenters. The first-order valence-electron chi connectivity index (χ1n) is 40.7. The van der Waals surface area contributed by atoms with E-state index in [0.717, 1.165) is 222 Å². The fourth-order valence-corrected chi connectivity index (χ4v) is 19.5. The van der Waals surface area contributed by atoms with E-state index >= 15 is 0 Å². The molecule has 16 aromatic heterocycles. The molecule has 0 fully saturated rings. The van der Waals surface area contributed by atoms with Crippen molar-refractivity contribution < 1.29 is 13.5 Å². The first-order chi connectivity index (χ1) is 60.0. The van der Waals surface area contributed by atoms with Crippen LogP contribution in [-0.2, 0) is 43.6 Å². The van der Waals surface area contributed by atoms with Crippen molar-refractivity contribution in [3.63, 3.8) is 0 Å². The minimum atomic E-state index is -3.72. The van der Waals surface area contributed by atoms with Gasteiger partial charge in [-0.3, -0.25) is 36.3 Å². The Bertz CT molecular complexity index is 6810. The van der Waals surface area contributed by atoms with E-state index in [1.165, 1.54) is 39.8 Å². The molecule has 4 aliphatic rings. The molecule has 0 aliphatic carbocycles. The molecule has 0 bridgehead atoms. The van der Waals surface area contributed by atoms with Crippen LogP contribution in [0, 0.1) is 13.8 Å². The zero-order valence-corrected chi connectivity index (χ0v) is 74.5. The van der Waals surface area contributed by atoms with Crippen LogP contribution in [0.3, 0.4) is 0 Å². The lowest BCUT2D eigenvalue weighted by atomic mass is 9.92. The van der Waals surface area contributed by atoms with Gasteiger partial charge in [-0.2, -0.15) is 29.1 Å². The SMILES string of the molecule is CC(C)c1cc(Nc2nc(C3=CCCNC3)cn3c(-c4cnn(C)c4)cnc23)sn1.Cc1cc(Nc2nc(C3=CCCNC3)cn3c(-c4cnn(C)c4)cnc23)sc1S(=O)(=O)NCCO.Cc1ncc(Nc2nc(C3=CCCNC3)cn3c(-c4cnn(C)c4)cnc23)s1.Cn1cc(-c2cnc3c(Nc4cc(C(C)(C)C)ns4)nc(C4=CCCNC4)cn23)cn1. The third-order valence-electron chi connectivity index (χ3n) is 20.9. The van der Waals surface area contributed by atoms with Crippen molar-refractivity contribution in [2.45, 2.75) is 89.7 Å². The molecule has 4 aliphatic heterocycles. The first-order valence-corrected chi connectivity index (χ1v) is 45.4. The lowest BCUT2D eigenvalue weighted by Gasteiger charge is -2.16. The molecule has 0 spiro atoms. The van der Waals surface area contributed by atoms with Crippen LogP contribution in [0.5, 0.6) is 0 Å². The van der Waals surface area contributed by atoms with Crippen molar-refractivity contribution in [1.29, 1.82) is 0 Å². The zero-order chi connectivity index (χ0) is 85.9. The average Bonchev–Trinajstić information content (AvgIpc) is 1.67. The molecular formula is C84H96N32O3S5. The minimum Gasteiger partial charge on any atom is -0.395 e. The van der Waals surface area contributed by atoms with Crippen LogP contribution in [0.4, 0.5) is 43.3 Å². The van der Waals surface area contributed by atoms with E-state index in [0.29, 0.717) is 34.5 Å². The number of hydrogen-bond donors (Lipinski definition) is 10. The van der Waals surface area contributed by atoms with E-state index in [1.54, 1.807) is 55.4 Å². The second-order valence-electron chi connectivity index (χ2n) is 31.7. The molecule has 16 aromatic rings. The average molecular weight is 1760 g/mol. The molecule has 20 heterocycles. The highest BCUT2D eigenvalue weighted by Crippen LogP contribution is 2.39. The Morgan fingerprint density at radius 2 is 0.815 bits per heavy atom. The highest BCUT2D eigenvalue weighted by atomic mass is 32.2. The van der Waals surface area contributed by atoms with Crippen LogP contribution in [0.25, 0.3) is 89.9 Å². The van der Waals surface area contributed by atoms with Crippen molar-refractivity contribution in [1.82, 2.24) is 136 Å². The molecule has 40 heteroatoms. The summed E-state index contributed by atoms with van der Waals surface area (Å²) >= 11 is 5.61. The number of sulfonamides is 1. The first kappa shape index (κ1) is 84.0. The number of nitrogens with zero attached hydrogens (tertiary/aromatic N) is 23. The van der Waals surface area contributed by atoms with Gasteiger partial charge >= 0.3 is 0 Å². The number of anilines is 8. The van der Waals surface area contributed by atoms with Gasteiger partial charge in [-0.25, -0.2) is 58.0 Å². The maximum Gasteiger partial charge on any atom is 0.250 e. The van der Waals surface area contributed by atoms with Crippen LogP contribution in [0.15, 0.2) is 152 Å². The van der Waals surface area contributed by atoms with Crippen LogP contribution >= 0.6 is 45.7 Å². The Kier molecular flexibility index (Phi) is 24.6. The predicted molar refractivity (Wildman–Crippen MR) is 491 cm³/mol. The second kappa shape index (κ2) is 36.3. The molecule has 20 rings (SSSR count). The molecule has 0 atom stereocenters. The molecule has 0 amide bonds. The van der Waals surface area contributed by atoms with E-state index < -0.39 is 10.0 Å². The molecule has 10 N–H and O–H groups in total. The normalized spacial score (nSPS) is 14.5. The number of hydrogen-bond acceptors (Lipinski definition) is 30. The number of thiazole rings is 1. The summed E-state index contributed by atoms with van der Waals surface area (Å²) in [6, 6.07) is 5.96. The van der Waals surface area contributed by atoms with E-state index in [4.69, 9.17) is 30.0 Å². The van der Waals surface area contributed by atoms with Crippen molar-refractivity contribution in [2.75, 3.05) is 86.8 Å². The maximum absolute atomic E-state index is 12.6. The fourth-order valence-electron chi connectivity index (χ4n) is 14.6. The Morgan fingerprint density at radius 1 is 0.452 bits per heavy atom. The Morgan fingerprint density at radius 3 is 1.12 bits per heavy atom. The number of aliphatic hydroxyl groups excluding tert-OH is 1. The highest BCUT2D eigenvalue weighted by Gasteiger charge is 2.27. The number of thiophene rings is 1. The molecule has 35 nitrogen and oxygen atoms in total. The second-order valence-corrected chi connectivity index (χ2v) is 37.5. The van der Waals surface area contributed by atoms with Crippen LogP contribution in [0.1, 0.15) is 111 Å². The highest BCUT2D eigenvalue weighted by molar-refractivity contribution is 7.91. The number of rotatable bonds is 21. The van der Waals surface area contributed by atoms with E-state index in [1.807, 2.05) is 114 Å². The third kappa shape index (κ3) is 18.7. The number of aryl methyl sites for hydroxylation is 6. The zero-order valence-electron chi connectivity index (χ0n) is 70.4. The summed E-state index contributed by atoms with van der Waals surface area (Å²) in [6.45, 7) is 21.3. The third-order valence-corrected chi connectivity index (χ3v) is 26.4. The van der Waals surface area contributed by atoms with E-state index in [2.05, 4.69) is 199 Å². The Balaban J connectivity index is 0.000000117. The summed E-state index contributed by atoms with van der Waals surface area (Å²) in [5.74, 6) is 3.09.